The molecule has 0 aliphatic heterocycles. The van der Waals surface area contributed by atoms with Gasteiger partial charge in [0.1, 0.15) is 0 Å². The molecule has 0 saturated heterocycles. The van der Waals surface area contributed by atoms with E-state index in [4.69, 9.17) is 0 Å². The van der Waals surface area contributed by atoms with E-state index in [0.717, 1.165) is 18.5 Å². The van der Waals surface area contributed by atoms with Gasteiger partial charge >= 0.3 is 0 Å². The van der Waals surface area contributed by atoms with Gasteiger partial charge in [0.15, 0.2) is 0 Å². The molecular weight excluding hydrogens is 268 g/mol. The molecule has 2 rings (SSSR count). The minimum absolute atomic E-state index is 0.188. The van der Waals surface area contributed by atoms with Crippen LogP contribution in [-0.2, 0) is 4.79 Å². The van der Waals surface area contributed by atoms with Crippen molar-refractivity contribution in [2.75, 3.05) is 25.2 Å². The van der Waals surface area contributed by atoms with Crippen molar-refractivity contribution in [3.05, 3.63) is 24.3 Å². The molecule has 1 aliphatic carbocycles. The second-order valence-electron chi connectivity index (χ2n) is 5.35. The molecule has 0 bridgehead atoms. The number of hydrogen-bond acceptors (Lipinski definition) is 3. The Balaban J connectivity index is 1.87. The highest BCUT2D eigenvalue weighted by Gasteiger charge is 2.21. The first-order valence-corrected chi connectivity index (χ1v) is 8.57. The molecule has 1 aromatic carbocycles. The second kappa shape index (κ2) is 7.58. The standard InChI is InChI=1S/C16H24N2OS/c1-18(13-8-4-3-5-9-13)16(19)12-17-14-10-6-7-11-15(14)20-2/h6-7,10-11,13,17H,3-5,8-9,12H2,1-2H3. The normalized spacial score (nSPS) is 15.9. The van der Waals surface area contributed by atoms with Crippen molar-refractivity contribution in [1.82, 2.24) is 4.90 Å². The van der Waals surface area contributed by atoms with Crippen LogP contribution in [0, 0.1) is 0 Å². The predicted octanol–water partition coefficient (Wildman–Crippen LogP) is 3.61. The number of hydrogen-bond donors (Lipinski definition) is 1. The van der Waals surface area contributed by atoms with E-state index in [2.05, 4.69) is 17.6 Å². The number of para-hydroxylation sites is 1. The molecule has 1 N–H and O–H groups in total. The number of amides is 1. The summed E-state index contributed by atoms with van der Waals surface area (Å²) in [6.07, 6.45) is 8.19. The summed E-state index contributed by atoms with van der Waals surface area (Å²) in [6.45, 7) is 0.380. The van der Waals surface area contributed by atoms with Crippen molar-refractivity contribution >= 4 is 23.4 Å². The number of benzene rings is 1. The van der Waals surface area contributed by atoms with Crippen molar-refractivity contribution < 1.29 is 4.79 Å². The largest absolute Gasteiger partial charge is 0.375 e. The average Bonchev–Trinajstić information content (AvgIpc) is 2.53. The summed E-state index contributed by atoms with van der Waals surface area (Å²) in [5, 5.41) is 3.27. The van der Waals surface area contributed by atoms with Gasteiger partial charge in [-0.3, -0.25) is 4.79 Å². The number of carbonyl (C=O) groups excluding carboxylic acids is 1. The molecule has 1 fully saturated rings. The zero-order valence-electron chi connectivity index (χ0n) is 12.4. The Kier molecular flexibility index (Phi) is 5.77. The van der Waals surface area contributed by atoms with E-state index in [1.165, 1.54) is 24.2 Å². The minimum atomic E-state index is 0.188. The number of rotatable bonds is 5. The second-order valence-corrected chi connectivity index (χ2v) is 6.20. The highest BCUT2D eigenvalue weighted by atomic mass is 32.2. The van der Waals surface area contributed by atoms with Crippen LogP contribution in [-0.4, -0.2) is 36.7 Å². The summed E-state index contributed by atoms with van der Waals surface area (Å²) in [5.41, 5.74) is 1.05. The Morgan fingerprint density at radius 1 is 1.30 bits per heavy atom. The molecule has 4 heteroatoms. The number of likely N-dealkylation sites (N-methyl/N-ethyl adjacent to an activating group) is 1. The highest BCUT2D eigenvalue weighted by molar-refractivity contribution is 7.98. The van der Waals surface area contributed by atoms with Crippen molar-refractivity contribution in [3.63, 3.8) is 0 Å². The molecule has 0 unspecified atom stereocenters. The smallest absolute Gasteiger partial charge is 0.241 e. The lowest BCUT2D eigenvalue weighted by molar-refractivity contribution is -0.130. The lowest BCUT2D eigenvalue weighted by Gasteiger charge is -2.31. The summed E-state index contributed by atoms with van der Waals surface area (Å²) in [7, 11) is 1.94. The molecule has 0 atom stereocenters. The van der Waals surface area contributed by atoms with Gasteiger partial charge in [-0.05, 0) is 31.2 Å². The summed E-state index contributed by atoms with van der Waals surface area (Å²) in [6, 6.07) is 8.56. The number of nitrogens with zero attached hydrogens (tertiary/aromatic N) is 1. The molecule has 3 nitrogen and oxygen atoms in total. The van der Waals surface area contributed by atoms with Gasteiger partial charge in [-0.15, -0.1) is 11.8 Å². The quantitative estimate of drug-likeness (QED) is 0.841. The zero-order valence-corrected chi connectivity index (χ0v) is 13.2. The van der Waals surface area contributed by atoms with Crippen LogP contribution >= 0.6 is 11.8 Å². The first-order chi connectivity index (χ1) is 9.72. The van der Waals surface area contributed by atoms with E-state index in [-0.39, 0.29) is 5.91 Å². The zero-order chi connectivity index (χ0) is 14.4. The van der Waals surface area contributed by atoms with E-state index < -0.39 is 0 Å². The fourth-order valence-electron chi connectivity index (χ4n) is 2.76. The van der Waals surface area contributed by atoms with Crippen LogP contribution in [0.1, 0.15) is 32.1 Å². The molecule has 110 valence electrons. The van der Waals surface area contributed by atoms with Crippen molar-refractivity contribution in [2.45, 2.75) is 43.0 Å². The Hall–Kier alpha value is -1.16. The molecular formula is C16H24N2OS. The third-order valence-electron chi connectivity index (χ3n) is 4.05. The van der Waals surface area contributed by atoms with E-state index in [0.29, 0.717) is 12.6 Å². The van der Waals surface area contributed by atoms with Gasteiger partial charge in [0.05, 0.1) is 6.54 Å². The number of anilines is 1. The topological polar surface area (TPSA) is 32.3 Å². The van der Waals surface area contributed by atoms with E-state index >= 15 is 0 Å². The van der Waals surface area contributed by atoms with Gasteiger partial charge in [-0.2, -0.15) is 0 Å². The average molecular weight is 292 g/mol. The van der Waals surface area contributed by atoms with Gasteiger partial charge < -0.3 is 10.2 Å². The summed E-state index contributed by atoms with van der Waals surface area (Å²) in [4.78, 5) is 15.4. The maximum absolute atomic E-state index is 12.3. The first kappa shape index (κ1) is 15.2. The summed E-state index contributed by atoms with van der Waals surface area (Å²) >= 11 is 1.70. The van der Waals surface area contributed by atoms with Gasteiger partial charge in [0.2, 0.25) is 5.91 Å². The van der Waals surface area contributed by atoms with Crippen molar-refractivity contribution in [1.29, 1.82) is 0 Å². The third-order valence-corrected chi connectivity index (χ3v) is 4.85. The Labute approximate surface area is 126 Å². The monoisotopic (exact) mass is 292 g/mol. The SMILES string of the molecule is CSc1ccccc1NCC(=O)N(C)C1CCCCC1. The highest BCUT2D eigenvalue weighted by Crippen LogP contribution is 2.25. The van der Waals surface area contributed by atoms with Gasteiger partial charge in [0.25, 0.3) is 0 Å². The lowest BCUT2D eigenvalue weighted by Crippen LogP contribution is -2.41. The van der Waals surface area contributed by atoms with Crippen LogP contribution in [0.5, 0.6) is 0 Å². The van der Waals surface area contributed by atoms with Crippen LogP contribution in [0.25, 0.3) is 0 Å². The maximum Gasteiger partial charge on any atom is 0.241 e. The van der Waals surface area contributed by atoms with Gasteiger partial charge in [-0.1, -0.05) is 31.4 Å². The molecule has 20 heavy (non-hydrogen) atoms. The number of nitrogens with one attached hydrogen (secondary N) is 1. The van der Waals surface area contributed by atoms with Crippen molar-refractivity contribution in [3.8, 4) is 0 Å². The van der Waals surface area contributed by atoms with E-state index in [1.54, 1.807) is 11.8 Å². The number of thioether (sulfide) groups is 1. The molecule has 0 radical (unpaired) electrons. The van der Waals surface area contributed by atoms with Crippen molar-refractivity contribution in [2.24, 2.45) is 0 Å². The Morgan fingerprint density at radius 3 is 2.70 bits per heavy atom. The first-order valence-electron chi connectivity index (χ1n) is 7.35. The Bertz CT molecular complexity index is 444. The molecule has 1 aromatic rings. The molecule has 1 amide bonds. The Morgan fingerprint density at radius 2 is 2.00 bits per heavy atom. The third kappa shape index (κ3) is 3.92. The summed E-state index contributed by atoms with van der Waals surface area (Å²) in [5.74, 6) is 0.188. The van der Waals surface area contributed by atoms with E-state index in [1.807, 2.05) is 30.1 Å². The van der Waals surface area contributed by atoms with Crippen LogP contribution in [0.3, 0.4) is 0 Å². The molecule has 0 aromatic heterocycles. The van der Waals surface area contributed by atoms with E-state index in [9.17, 15) is 4.79 Å². The summed E-state index contributed by atoms with van der Waals surface area (Å²) < 4.78 is 0. The van der Waals surface area contributed by atoms with Crippen LogP contribution in [0.2, 0.25) is 0 Å². The minimum Gasteiger partial charge on any atom is -0.375 e. The van der Waals surface area contributed by atoms with Crippen LogP contribution in [0.4, 0.5) is 5.69 Å². The predicted molar refractivity (Wildman–Crippen MR) is 86.4 cm³/mol. The fourth-order valence-corrected chi connectivity index (χ4v) is 3.33. The fraction of sp³-hybridized carbons (Fsp3) is 0.562. The van der Waals surface area contributed by atoms with Gasteiger partial charge in [0, 0.05) is 23.7 Å². The maximum atomic E-state index is 12.3. The number of carbonyl (C=O) groups is 1. The molecule has 0 spiro atoms. The lowest BCUT2D eigenvalue weighted by atomic mass is 9.94. The van der Waals surface area contributed by atoms with Gasteiger partial charge in [-0.25, -0.2) is 0 Å². The molecule has 1 aliphatic rings. The molecule has 0 heterocycles. The molecule has 1 saturated carbocycles. The van der Waals surface area contributed by atoms with Crippen LogP contribution in [0.15, 0.2) is 29.2 Å². The van der Waals surface area contributed by atoms with Crippen LogP contribution < -0.4 is 5.32 Å².